The molecule has 6 nitrogen and oxygen atoms in total. The number of carbonyl (C=O) groups is 1. The molecule has 0 spiro atoms. The Bertz CT molecular complexity index is 707. The van der Waals surface area contributed by atoms with Crippen molar-refractivity contribution in [3.8, 4) is 0 Å². The summed E-state index contributed by atoms with van der Waals surface area (Å²) < 4.78 is 1.93. The third-order valence-corrected chi connectivity index (χ3v) is 5.02. The lowest BCUT2D eigenvalue weighted by atomic mass is 9.94. The number of aliphatic hydroxyl groups excluding tert-OH is 1. The molecule has 1 aliphatic rings. The van der Waals surface area contributed by atoms with Crippen molar-refractivity contribution in [3.63, 3.8) is 0 Å². The van der Waals surface area contributed by atoms with Crippen molar-refractivity contribution < 1.29 is 9.90 Å². The maximum atomic E-state index is 13.0. The Morgan fingerprint density at radius 1 is 1.32 bits per heavy atom. The monoisotopic (exact) mass is 344 g/mol. The van der Waals surface area contributed by atoms with Gasteiger partial charge < -0.3 is 19.9 Å². The summed E-state index contributed by atoms with van der Waals surface area (Å²) >= 11 is 0. The molecule has 1 heterocycles. The predicted molar refractivity (Wildman–Crippen MR) is 99.6 cm³/mol. The molecule has 3 rings (SSSR count). The van der Waals surface area contributed by atoms with E-state index >= 15 is 0 Å². The number of hydrogen-bond acceptors (Lipinski definition) is 4. The molecule has 1 amide bonds. The van der Waals surface area contributed by atoms with Crippen LogP contribution in [0.25, 0.3) is 11.0 Å². The van der Waals surface area contributed by atoms with Gasteiger partial charge in [-0.3, -0.25) is 4.79 Å². The zero-order valence-corrected chi connectivity index (χ0v) is 14.9. The zero-order chi connectivity index (χ0) is 17.6. The van der Waals surface area contributed by atoms with E-state index in [1.54, 1.807) is 0 Å². The number of nitrogens with one attached hydrogen (secondary N) is 1. The van der Waals surface area contributed by atoms with E-state index in [0.29, 0.717) is 18.5 Å². The standard InChI is InChI=1S/C19H28N4O2/c1-2-22(15-8-4-3-5-9-15)18(25)14-23-17-11-7-6-10-16(17)21-19(23)20-12-13-24/h6-7,10-11,15,24H,2-5,8-9,12-14H2,1H3,(H,20,21). The van der Waals surface area contributed by atoms with E-state index in [1.165, 1.54) is 19.3 Å². The van der Waals surface area contributed by atoms with Gasteiger partial charge >= 0.3 is 0 Å². The number of anilines is 1. The van der Waals surface area contributed by atoms with Crippen LogP contribution in [0.1, 0.15) is 39.0 Å². The quantitative estimate of drug-likeness (QED) is 0.810. The molecule has 0 saturated heterocycles. The van der Waals surface area contributed by atoms with Crippen molar-refractivity contribution in [3.05, 3.63) is 24.3 Å². The minimum Gasteiger partial charge on any atom is -0.395 e. The summed E-state index contributed by atoms with van der Waals surface area (Å²) in [6.07, 6.45) is 5.93. The third kappa shape index (κ3) is 3.95. The first kappa shape index (κ1) is 17.7. The Kier molecular flexibility index (Phi) is 5.91. The SMILES string of the molecule is CCN(C(=O)Cn1c(NCCO)nc2ccccc21)C1CCCCC1. The highest BCUT2D eigenvalue weighted by atomic mass is 16.3. The predicted octanol–water partition coefficient (Wildman–Crippen LogP) is 2.62. The molecule has 2 N–H and O–H groups in total. The number of aromatic nitrogens is 2. The first-order valence-electron chi connectivity index (χ1n) is 9.34. The van der Waals surface area contributed by atoms with Crippen LogP contribution < -0.4 is 5.32 Å². The lowest BCUT2D eigenvalue weighted by molar-refractivity contribution is -0.134. The van der Waals surface area contributed by atoms with Gasteiger partial charge in [-0.1, -0.05) is 31.4 Å². The summed E-state index contributed by atoms with van der Waals surface area (Å²) in [7, 11) is 0. The summed E-state index contributed by atoms with van der Waals surface area (Å²) in [5.41, 5.74) is 1.80. The van der Waals surface area contributed by atoms with Gasteiger partial charge in [0.15, 0.2) is 0 Å². The number of para-hydroxylation sites is 2. The van der Waals surface area contributed by atoms with Crippen LogP contribution >= 0.6 is 0 Å². The second-order valence-corrected chi connectivity index (χ2v) is 6.63. The van der Waals surface area contributed by atoms with E-state index in [1.807, 2.05) is 33.7 Å². The highest BCUT2D eigenvalue weighted by molar-refractivity contribution is 5.83. The maximum Gasteiger partial charge on any atom is 0.242 e. The normalized spacial score (nSPS) is 15.4. The first-order chi connectivity index (χ1) is 12.2. The Labute approximate surface area is 148 Å². The fourth-order valence-corrected chi connectivity index (χ4v) is 3.80. The van der Waals surface area contributed by atoms with Crippen LogP contribution in [0.5, 0.6) is 0 Å². The number of amides is 1. The van der Waals surface area contributed by atoms with Gasteiger partial charge in [-0.05, 0) is 31.9 Å². The molecule has 0 atom stereocenters. The number of fused-ring (bicyclic) bond motifs is 1. The Morgan fingerprint density at radius 2 is 2.08 bits per heavy atom. The van der Waals surface area contributed by atoms with Gasteiger partial charge in [0.2, 0.25) is 11.9 Å². The lowest BCUT2D eigenvalue weighted by Crippen LogP contribution is -2.43. The van der Waals surface area contributed by atoms with Gasteiger partial charge in [0.25, 0.3) is 0 Å². The molecule has 2 aromatic rings. The number of hydrogen-bond donors (Lipinski definition) is 2. The van der Waals surface area contributed by atoms with Gasteiger partial charge in [0, 0.05) is 19.1 Å². The fourth-order valence-electron chi connectivity index (χ4n) is 3.80. The summed E-state index contributed by atoms with van der Waals surface area (Å²) in [6.45, 7) is 3.52. The smallest absolute Gasteiger partial charge is 0.242 e. The van der Waals surface area contributed by atoms with E-state index in [2.05, 4.69) is 17.2 Å². The number of nitrogens with zero attached hydrogens (tertiary/aromatic N) is 3. The third-order valence-electron chi connectivity index (χ3n) is 5.02. The van der Waals surface area contributed by atoms with E-state index in [4.69, 9.17) is 5.11 Å². The molecule has 1 aromatic heterocycles. The van der Waals surface area contributed by atoms with Crippen LogP contribution in [-0.4, -0.2) is 51.2 Å². The van der Waals surface area contributed by atoms with Crippen LogP contribution in [0, 0.1) is 0 Å². The summed E-state index contributed by atoms with van der Waals surface area (Å²) in [4.78, 5) is 19.6. The van der Waals surface area contributed by atoms with Crippen LogP contribution in [-0.2, 0) is 11.3 Å². The van der Waals surface area contributed by atoms with Crippen molar-refractivity contribution in [1.29, 1.82) is 0 Å². The average molecular weight is 344 g/mol. The minimum atomic E-state index is 0.0281. The molecule has 0 radical (unpaired) electrons. The van der Waals surface area contributed by atoms with E-state index in [-0.39, 0.29) is 19.1 Å². The number of imidazole rings is 1. The molecule has 1 aliphatic carbocycles. The highest BCUT2D eigenvalue weighted by Crippen LogP contribution is 2.24. The average Bonchev–Trinajstić information content (AvgIpc) is 2.99. The van der Waals surface area contributed by atoms with Gasteiger partial charge in [-0.25, -0.2) is 4.98 Å². The zero-order valence-electron chi connectivity index (χ0n) is 14.9. The van der Waals surface area contributed by atoms with Crippen molar-refractivity contribution in [2.24, 2.45) is 0 Å². The maximum absolute atomic E-state index is 13.0. The first-order valence-corrected chi connectivity index (χ1v) is 9.34. The van der Waals surface area contributed by atoms with Crippen molar-refractivity contribution in [2.75, 3.05) is 25.0 Å². The van der Waals surface area contributed by atoms with Gasteiger partial charge in [-0.15, -0.1) is 0 Å². The number of benzene rings is 1. The fraction of sp³-hybridized carbons (Fsp3) is 0.579. The Morgan fingerprint density at radius 3 is 2.80 bits per heavy atom. The van der Waals surface area contributed by atoms with Crippen LogP contribution in [0.3, 0.4) is 0 Å². The van der Waals surface area contributed by atoms with Crippen LogP contribution in [0.2, 0.25) is 0 Å². The molecule has 6 heteroatoms. The number of likely N-dealkylation sites (N-methyl/N-ethyl adjacent to an activating group) is 1. The van der Waals surface area contributed by atoms with Crippen molar-refractivity contribution in [2.45, 2.75) is 51.6 Å². The topological polar surface area (TPSA) is 70.4 Å². The Hall–Kier alpha value is -2.08. The lowest BCUT2D eigenvalue weighted by Gasteiger charge is -2.34. The second-order valence-electron chi connectivity index (χ2n) is 6.63. The summed E-state index contributed by atoms with van der Waals surface area (Å²) in [5.74, 6) is 0.785. The number of aliphatic hydroxyl groups is 1. The van der Waals surface area contributed by atoms with Crippen molar-refractivity contribution in [1.82, 2.24) is 14.5 Å². The highest BCUT2D eigenvalue weighted by Gasteiger charge is 2.25. The van der Waals surface area contributed by atoms with E-state index in [9.17, 15) is 4.79 Å². The van der Waals surface area contributed by atoms with Crippen molar-refractivity contribution >= 4 is 22.9 Å². The van der Waals surface area contributed by atoms with Crippen LogP contribution in [0.15, 0.2) is 24.3 Å². The molecular weight excluding hydrogens is 316 g/mol. The largest absolute Gasteiger partial charge is 0.395 e. The number of rotatable bonds is 7. The van der Waals surface area contributed by atoms with E-state index in [0.717, 1.165) is 30.4 Å². The molecule has 136 valence electrons. The molecule has 0 aliphatic heterocycles. The minimum absolute atomic E-state index is 0.0281. The number of carbonyl (C=O) groups excluding carboxylic acids is 1. The molecular formula is C19H28N4O2. The summed E-state index contributed by atoms with van der Waals surface area (Å²) in [5, 5.41) is 12.2. The van der Waals surface area contributed by atoms with Gasteiger partial charge in [0.1, 0.15) is 6.54 Å². The summed E-state index contributed by atoms with van der Waals surface area (Å²) in [6, 6.07) is 8.20. The van der Waals surface area contributed by atoms with Gasteiger partial charge in [0.05, 0.1) is 17.6 Å². The molecule has 1 saturated carbocycles. The Balaban J connectivity index is 1.83. The molecule has 1 aromatic carbocycles. The molecule has 1 fully saturated rings. The molecule has 0 bridgehead atoms. The van der Waals surface area contributed by atoms with Crippen LogP contribution in [0.4, 0.5) is 5.95 Å². The second kappa shape index (κ2) is 8.34. The molecule has 0 unspecified atom stereocenters. The van der Waals surface area contributed by atoms with Gasteiger partial charge in [-0.2, -0.15) is 0 Å². The van der Waals surface area contributed by atoms with E-state index < -0.39 is 0 Å². The molecule has 25 heavy (non-hydrogen) atoms.